The highest BCUT2D eigenvalue weighted by Gasteiger charge is 2.45. The monoisotopic (exact) mass is 1450 g/mol. The number of rotatable bonds is 43. The summed E-state index contributed by atoms with van der Waals surface area (Å²) in [5, 5.41) is 2.09. The Kier molecular flexibility index (Phi) is 36.6. The molecule has 2 aromatic carbocycles. The molecule has 544 valence electrons. The van der Waals surface area contributed by atoms with Crippen LogP contribution in [0.4, 0.5) is 24.5 Å². The zero-order chi connectivity index (χ0) is 72.4. The van der Waals surface area contributed by atoms with E-state index in [0.29, 0.717) is 89.1 Å². The van der Waals surface area contributed by atoms with E-state index in [0.717, 1.165) is 40.3 Å². The molecule has 2 N–H and O–H groups in total. The van der Waals surface area contributed by atoms with E-state index in [1.54, 1.807) is 18.2 Å². The molecule has 2 aromatic rings. The molecule has 0 saturated heterocycles. The smallest absolute Gasteiger partial charge is 0.471 e. The highest BCUT2D eigenvalue weighted by atomic mass is 32.2. The summed E-state index contributed by atoms with van der Waals surface area (Å²) in [5.74, 6) is -2.93. The summed E-state index contributed by atoms with van der Waals surface area (Å²) >= 11 is 0. The van der Waals surface area contributed by atoms with Gasteiger partial charge in [-0.25, -0.2) is 35.6 Å². The maximum absolute atomic E-state index is 15.0. The first-order valence-corrected chi connectivity index (χ1v) is 40.5. The first kappa shape index (κ1) is 86.4. The Bertz CT molecular complexity index is 3180. The lowest BCUT2D eigenvalue weighted by molar-refractivity contribution is -0.438. The van der Waals surface area contributed by atoms with Gasteiger partial charge in [0.05, 0.1) is 46.4 Å². The van der Waals surface area contributed by atoms with Crippen molar-refractivity contribution in [2.75, 3.05) is 82.2 Å². The number of carbonyl (C=O) groups is 1. The summed E-state index contributed by atoms with van der Waals surface area (Å²) < 4.78 is 160. The van der Waals surface area contributed by atoms with Crippen LogP contribution in [-0.2, 0) is 63.0 Å². The van der Waals surface area contributed by atoms with Gasteiger partial charge in [0.15, 0.2) is 14.2 Å². The molecule has 2 unspecified atom stereocenters. The van der Waals surface area contributed by atoms with Gasteiger partial charge in [-0.1, -0.05) is 51.0 Å². The minimum absolute atomic E-state index is 0.0580. The minimum Gasteiger partial charge on any atom is -0.748 e. The third-order valence-electron chi connectivity index (χ3n) is 16.0. The van der Waals surface area contributed by atoms with Gasteiger partial charge in [-0.15, -0.1) is 0 Å². The van der Waals surface area contributed by atoms with Gasteiger partial charge in [0, 0.05) is 96.0 Å². The molecule has 2 heterocycles. The lowest BCUT2D eigenvalue weighted by atomic mass is 9.81. The van der Waals surface area contributed by atoms with Gasteiger partial charge >= 0.3 is 19.7 Å². The molecule has 0 fully saturated rings. The van der Waals surface area contributed by atoms with Crippen molar-refractivity contribution >= 4 is 73.1 Å². The second kappa shape index (κ2) is 40.6. The van der Waals surface area contributed by atoms with Gasteiger partial charge in [0.1, 0.15) is 19.8 Å². The van der Waals surface area contributed by atoms with Crippen molar-refractivity contribution in [2.45, 2.75) is 228 Å². The van der Waals surface area contributed by atoms with Gasteiger partial charge in [0.2, 0.25) is 18.8 Å². The number of unbranched alkanes of at least 4 members (excludes halogenated alkanes) is 6. The Morgan fingerprint density at radius 1 is 0.698 bits per heavy atom. The first-order chi connectivity index (χ1) is 44.8. The highest BCUT2D eigenvalue weighted by molar-refractivity contribution is 7.86. The molecule has 29 heteroatoms. The molecular formula is C67H110F3N8O13P3S2. The van der Waals surface area contributed by atoms with Crippen molar-refractivity contribution in [3.8, 4) is 0 Å². The van der Waals surface area contributed by atoms with E-state index in [1.807, 2.05) is 60.5 Å². The third-order valence-corrected chi connectivity index (χ3v) is 24.7. The van der Waals surface area contributed by atoms with Crippen LogP contribution in [-0.4, -0.2) is 176 Å². The molecule has 0 radical (unpaired) electrons. The highest BCUT2D eigenvalue weighted by Crippen LogP contribution is 2.54. The number of hydrogen-bond acceptors (Lipinski definition) is 16. The molecule has 0 aromatic heterocycles. The molecule has 2 atom stereocenters. The third kappa shape index (κ3) is 27.3. The van der Waals surface area contributed by atoms with Crippen molar-refractivity contribution in [1.82, 2.24) is 19.3 Å². The van der Waals surface area contributed by atoms with Crippen LogP contribution in [0, 0.1) is 13.1 Å². The van der Waals surface area contributed by atoms with Crippen molar-refractivity contribution in [3.63, 3.8) is 0 Å². The van der Waals surface area contributed by atoms with Crippen molar-refractivity contribution in [2.24, 2.45) is 0 Å². The largest absolute Gasteiger partial charge is 0.748 e. The minimum atomic E-state index is -5.02. The summed E-state index contributed by atoms with van der Waals surface area (Å²) in [7, 11) is -14.9. The molecule has 96 heavy (non-hydrogen) atoms. The first-order valence-electron chi connectivity index (χ1n) is 33.5. The van der Waals surface area contributed by atoms with Gasteiger partial charge in [0.25, 0.3) is 18.6 Å². The number of nitrogens with one attached hydrogen (secondary N) is 1. The maximum Gasteiger partial charge on any atom is 0.471 e. The van der Waals surface area contributed by atoms with E-state index in [4.69, 9.17) is 35.8 Å². The van der Waals surface area contributed by atoms with E-state index in [9.17, 15) is 43.9 Å². The maximum atomic E-state index is 15.0. The van der Waals surface area contributed by atoms with E-state index in [1.165, 1.54) is 0 Å². The molecule has 0 aliphatic carbocycles. The van der Waals surface area contributed by atoms with Crippen molar-refractivity contribution in [3.05, 3.63) is 100 Å². The second-order valence-corrected chi connectivity index (χ2v) is 34.8. The number of anilines is 1. The van der Waals surface area contributed by atoms with Crippen molar-refractivity contribution < 1.29 is 75.7 Å². The Labute approximate surface area is 575 Å². The molecular weight excluding hydrogens is 1340 g/mol. The van der Waals surface area contributed by atoms with Gasteiger partial charge in [-0.3, -0.25) is 13.9 Å². The number of carbonyl (C=O) groups excluding carboxylic acids is 1. The number of para-hydroxylation sites is 1. The molecule has 0 saturated carbocycles. The molecule has 2 aliphatic heterocycles. The van der Waals surface area contributed by atoms with E-state index in [2.05, 4.69) is 131 Å². The fourth-order valence-corrected chi connectivity index (χ4v) is 18.5. The Hall–Kier alpha value is -3.78. The van der Waals surface area contributed by atoms with Crippen LogP contribution in [0.5, 0.6) is 0 Å². The lowest BCUT2D eigenvalue weighted by Gasteiger charge is -2.45. The number of amides is 1. The van der Waals surface area contributed by atoms with Gasteiger partial charge < -0.3 is 47.1 Å². The average molecular weight is 1450 g/mol. The van der Waals surface area contributed by atoms with E-state index in [-0.39, 0.29) is 81.7 Å². The number of halogens is 3. The number of allylic oxidation sites excluding steroid dienone is 4. The van der Waals surface area contributed by atoms with Crippen LogP contribution >= 0.6 is 24.6 Å². The number of hydrogen-bond donors (Lipinski definition) is 2. The lowest BCUT2D eigenvalue weighted by Crippen LogP contribution is -2.43. The summed E-state index contributed by atoms with van der Waals surface area (Å²) in [4.78, 5) is 20.2. The number of fused-ring (bicyclic) bond motifs is 2. The van der Waals surface area contributed by atoms with Crippen LogP contribution in [0.1, 0.15) is 186 Å². The molecule has 21 nitrogen and oxygen atoms in total. The van der Waals surface area contributed by atoms with Crippen LogP contribution in [0.3, 0.4) is 0 Å². The van der Waals surface area contributed by atoms with Crippen LogP contribution in [0.25, 0.3) is 9.69 Å². The fraction of sp³-hybridized carbons (Fsp3) is 0.701. The van der Waals surface area contributed by atoms with Crippen LogP contribution in [0.2, 0.25) is 0 Å². The standard InChI is InChI=1S/C52H78F3N5O12P2S2.C15H32N3OP/c1-40(2)60(41(3)4)73(70-36-30-56-9)69-33-17-10-11-18-34-71-74(62,72-35-19-14-29-57-49(61)52(53,54)55)42-27-28-46-44(39-42)51(7,8)48(59(46)32-16-21-38-76(66,67)68)26-22-25-47-50(5,6)43-23-12-13-24-45(43)58(47)31-15-20-37-75(63,64)65;1-12(2)17(13(3)4)20(19-11-10-16-9)18(14(5)6)15(7)8/h12-13,22-28,39-41H,10-11,14-21,29-38H2,1-8H3,(H2-,57,61,63,64,65,66,67,68);12-15H,10-11H2,1-8H3. The Morgan fingerprint density at radius 2 is 1.22 bits per heavy atom. The van der Waals surface area contributed by atoms with Crippen molar-refractivity contribution in [1.29, 1.82) is 0 Å². The summed E-state index contributed by atoms with van der Waals surface area (Å²) in [6.45, 7) is 50.6. The molecule has 1 amide bonds. The zero-order valence-electron chi connectivity index (χ0n) is 59.6. The molecule has 0 bridgehead atoms. The topological polar surface area (TPSA) is 229 Å². The molecule has 0 spiro atoms. The summed E-state index contributed by atoms with van der Waals surface area (Å²) in [5.41, 5.74) is 4.15. The zero-order valence-corrected chi connectivity index (χ0v) is 63.9. The molecule has 2 aliphatic rings. The van der Waals surface area contributed by atoms with Gasteiger partial charge in [-0.05, 0) is 172 Å². The predicted molar refractivity (Wildman–Crippen MR) is 380 cm³/mol. The number of benzene rings is 2. The number of nitrogens with zero attached hydrogens (tertiary/aromatic N) is 7. The number of alkyl halides is 3. The summed E-state index contributed by atoms with van der Waals surface area (Å²) in [6, 6.07) is 15.2. The average Bonchev–Trinajstić information content (AvgIpc) is 1.59. The van der Waals surface area contributed by atoms with Crippen LogP contribution < -0.4 is 15.5 Å². The Morgan fingerprint density at radius 3 is 1.75 bits per heavy atom. The van der Waals surface area contributed by atoms with Gasteiger partial charge in [-0.2, -0.15) is 26.2 Å². The predicted octanol–water partition coefficient (Wildman–Crippen LogP) is 14.8. The summed E-state index contributed by atoms with van der Waals surface area (Å²) in [6.07, 6.45) is 5.08. The molecule has 4 rings (SSSR count). The SMILES string of the molecule is [C-]#[N+]CCOP(N(C(C)C)C(C)C)N(C(C)C)C(C)C.[C-]#[N+]CCOP(OCCCCCCOP(=O)(OCCCCNC(=O)C(F)(F)F)c1ccc2c(c1)C(C)(C)C(=CC=CC1=[N+](CCCCS(=O)(=O)O)c3ccccc3C1(C)C)N2CCCCS(=O)(=O)[O-])N(C(C)C)C(C)C. The van der Waals surface area contributed by atoms with E-state index < -0.39 is 73.5 Å². The fourth-order valence-electron chi connectivity index (χ4n) is 11.8. The second-order valence-electron chi connectivity index (χ2n) is 26.5. The normalized spacial score (nSPS) is 16.3. The quantitative estimate of drug-likeness (QED) is 0.0207. The van der Waals surface area contributed by atoms with Crippen LogP contribution in [0.15, 0.2) is 66.4 Å². The Balaban J connectivity index is 0.00000103. The van der Waals surface area contributed by atoms with E-state index >= 15 is 4.57 Å².